The number of hydrogen-bond donors (Lipinski definition) is 1. The Hall–Kier alpha value is -1.85. The van der Waals surface area contributed by atoms with Gasteiger partial charge in [0.25, 0.3) is 5.69 Å². The quantitative estimate of drug-likeness (QED) is 0.639. The predicted molar refractivity (Wildman–Crippen MR) is 80.3 cm³/mol. The van der Waals surface area contributed by atoms with Crippen LogP contribution in [0.5, 0.6) is 0 Å². The molecule has 1 aromatic heterocycles. The lowest BCUT2D eigenvalue weighted by molar-refractivity contribution is -0.384. The Morgan fingerprint density at radius 1 is 1.50 bits per heavy atom. The van der Waals surface area contributed by atoms with Gasteiger partial charge in [0.15, 0.2) is 0 Å². The summed E-state index contributed by atoms with van der Waals surface area (Å²) in [6.45, 7) is 6.73. The Morgan fingerprint density at radius 2 is 2.30 bits per heavy atom. The van der Waals surface area contributed by atoms with Crippen LogP contribution in [0, 0.1) is 16.0 Å². The molecule has 0 spiro atoms. The van der Waals surface area contributed by atoms with Gasteiger partial charge in [0.2, 0.25) is 0 Å². The molecule has 1 aromatic rings. The summed E-state index contributed by atoms with van der Waals surface area (Å²) in [5.74, 6) is 1.98. The van der Waals surface area contributed by atoms with Gasteiger partial charge in [0, 0.05) is 19.6 Å². The van der Waals surface area contributed by atoms with Crippen molar-refractivity contribution in [2.45, 2.75) is 33.1 Å². The number of aromatic nitrogens is 1. The molecule has 0 bridgehead atoms. The maximum Gasteiger partial charge on any atom is 0.276 e. The molecule has 2 rings (SSSR count). The van der Waals surface area contributed by atoms with E-state index in [0.717, 1.165) is 19.5 Å². The topological polar surface area (TPSA) is 71.3 Å². The highest BCUT2D eigenvalue weighted by molar-refractivity contribution is 5.56. The molecule has 1 fully saturated rings. The van der Waals surface area contributed by atoms with Crippen molar-refractivity contribution in [2.24, 2.45) is 5.92 Å². The molecular formula is C14H22N4O2. The zero-order chi connectivity index (χ0) is 14.5. The molecule has 0 aromatic carbocycles. The first kappa shape index (κ1) is 14.6. The van der Waals surface area contributed by atoms with Crippen molar-refractivity contribution >= 4 is 17.3 Å². The Kier molecular flexibility index (Phi) is 4.76. The maximum absolute atomic E-state index is 11.0. The predicted octanol–water partition coefficient (Wildman–Crippen LogP) is 3.05. The average molecular weight is 278 g/mol. The Morgan fingerprint density at radius 3 is 2.95 bits per heavy atom. The Bertz CT molecular complexity index is 478. The van der Waals surface area contributed by atoms with Crippen molar-refractivity contribution in [1.82, 2.24) is 4.98 Å². The number of anilines is 2. The van der Waals surface area contributed by atoms with Crippen LogP contribution >= 0.6 is 0 Å². The van der Waals surface area contributed by atoms with Crippen LogP contribution in [0.4, 0.5) is 17.3 Å². The van der Waals surface area contributed by atoms with E-state index in [0.29, 0.717) is 24.1 Å². The smallest absolute Gasteiger partial charge is 0.276 e. The van der Waals surface area contributed by atoms with E-state index < -0.39 is 0 Å². The minimum absolute atomic E-state index is 0.102. The van der Waals surface area contributed by atoms with Crippen LogP contribution in [0.1, 0.15) is 33.1 Å². The molecule has 1 unspecified atom stereocenters. The van der Waals surface area contributed by atoms with Crippen molar-refractivity contribution in [3.05, 3.63) is 22.2 Å². The van der Waals surface area contributed by atoms with Gasteiger partial charge in [-0.05, 0) is 25.7 Å². The fraction of sp³-hybridized carbons (Fsp3) is 0.643. The second-order valence-electron chi connectivity index (χ2n) is 5.25. The van der Waals surface area contributed by atoms with E-state index in [1.54, 1.807) is 6.07 Å². The summed E-state index contributed by atoms with van der Waals surface area (Å²) in [5, 5.41) is 14.1. The second kappa shape index (κ2) is 6.54. The summed E-state index contributed by atoms with van der Waals surface area (Å²) >= 11 is 0. The van der Waals surface area contributed by atoms with Crippen LogP contribution < -0.4 is 10.2 Å². The summed E-state index contributed by atoms with van der Waals surface area (Å²) in [5.41, 5.74) is 0.102. The minimum atomic E-state index is -0.356. The van der Waals surface area contributed by atoms with Gasteiger partial charge >= 0.3 is 0 Å². The summed E-state index contributed by atoms with van der Waals surface area (Å²) in [4.78, 5) is 17.3. The SMILES string of the molecule is CCCC1CCN(c2cc([N+](=O)[O-])cc(NCC)n2)C1. The maximum atomic E-state index is 11.0. The fourth-order valence-corrected chi connectivity index (χ4v) is 2.73. The zero-order valence-electron chi connectivity index (χ0n) is 12.1. The molecular weight excluding hydrogens is 256 g/mol. The van der Waals surface area contributed by atoms with E-state index in [1.807, 2.05) is 6.92 Å². The lowest BCUT2D eigenvalue weighted by atomic mass is 10.0. The lowest BCUT2D eigenvalue weighted by Gasteiger charge is -2.18. The summed E-state index contributed by atoms with van der Waals surface area (Å²) in [6.07, 6.45) is 3.55. The molecule has 1 aliphatic rings. The van der Waals surface area contributed by atoms with Crippen molar-refractivity contribution in [2.75, 3.05) is 29.9 Å². The van der Waals surface area contributed by atoms with Gasteiger partial charge in [0.1, 0.15) is 11.6 Å². The van der Waals surface area contributed by atoms with Crippen LogP contribution in [0.3, 0.4) is 0 Å². The van der Waals surface area contributed by atoms with Gasteiger partial charge in [-0.15, -0.1) is 0 Å². The first-order valence-corrected chi connectivity index (χ1v) is 7.29. The van der Waals surface area contributed by atoms with Gasteiger partial charge in [-0.3, -0.25) is 10.1 Å². The highest BCUT2D eigenvalue weighted by Crippen LogP contribution is 2.29. The zero-order valence-corrected chi connectivity index (χ0v) is 12.1. The van der Waals surface area contributed by atoms with E-state index >= 15 is 0 Å². The molecule has 20 heavy (non-hydrogen) atoms. The lowest BCUT2D eigenvalue weighted by Crippen LogP contribution is -2.21. The van der Waals surface area contributed by atoms with E-state index in [9.17, 15) is 10.1 Å². The third-order valence-corrected chi connectivity index (χ3v) is 3.67. The molecule has 6 nitrogen and oxygen atoms in total. The molecule has 110 valence electrons. The summed E-state index contributed by atoms with van der Waals surface area (Å²) in [6, 6.07) is 3.07. The summed E-state index contributed by atoms with van der Waals surface area (Å²) < 4.78 is 0. The van der Waals surface area contributed by atoms with E-state index in [2.05, 4.69) is 22.1 Å². The minimum Gasteiger partial charge on any atom is -0.370 e. The number of hydrogen-bond acceptors (Lipinski definition) is 5. The fourth-order valence-electron chi connectivity index (χ4n) is 2.73. The first-order chi connectivity index (χ1) is 9.63. The van der Waals surface area contributed by atoms with E-state index in [1.165, 1.54) is 18.9 Å². The largest absolute Gasteiger partial charge is 0.370 e. The van der Waals surface area contributed by atoms with Gasteiger partial charge in [-0.2, -0.15) is 0 Å². The monoisotopic (exact) mass is 278 g/mol. The number of nitrogens with zero attached hydrogens (tertiary/aromatic N) is 3. The molecule has 1 aliphatic heterocycles. The van der Waals surface area contributed by atoms with Crippen molar-refractivity contribution in [3.8, 4) is 0 Å². The molecule has 2 heterocycles. The van der Waals surface area contributed by atoms with E-state index in [-0.39, 0.29) is 10.6 Å². The molecule has 1 atom stereocenters. The number of nitrogens with one attached hydrogen (secondary N) is 1. The highest BCUT2D eigenvalue weighted by atomic mass is 16.6. The third-order valence-electron chi connectivity index (χ3n) is 3.67. The highest BCUT2D eigenvalue weighted by Gasteiger charge is 2.24. The van der Waals surface area contributed by atoms with Crippen LogP contribution in [0.15, 0.2) is 12.1 Å². The molecule has 6 heteroatoms. The molecule has 0 aliphatic carbocycles. The Balaban J connectivity index is 2.20. The molecule has 0 radical (unpaired) electrons. The first-order valence-electron chi connectivity index (χ1n) is 7.29. The molecule has 0 amide bonds. The van der Waals surface area contributed by atoms with Crippen LogP contribution in [0.2, 0.25) is 0 Å². The molecule has 1 N–H and O–H groups in total. The van der Waals surface area contributed by atoms with E-state index in [4.69, 9.17) is 0 Å². The average Bonchev–Trinajstić information content (AvgIpc) is 2.88. The van der Waals surface area contributed by atoms with Gasteiger partial charge in [0.05, 0.1) is 17.1 Å². The normalized spacial score (nSPS) is 18.3. The second-order valence-corrected chi connectivity index (χ2v) is 5.25. The van der Waals surface area contributed by atoms with Gasteiger partial charge in [-0.1, -0.05) is 13.3 Å². The Labute approximate surface area is 119 Å². The van der Waals surface area contributed by atoms with Crippen LogP contribution in [0.25, 0.3) is 0 Å². The number of pyridine rings is 1. The molecule has 1 saturated heterocycles. The van der Waals surface area contributed by atoms with Crippen molar-refractivity contribution in [3.63, 3.8) is 0 Å². The third kappa shape index (κ3) is 3.37. The number of rotatable bonds is 6. The van der Waals surface area contributed by atoms with Crippen LogP contribution in [-0.2, 0) is 0 Å². The van der Waals surface area contributed by atoms with Gasteiger partial charge in [-0.25, -0.2) is 4.98 Å². The molecule has 0 saturated carbocycles. The van der Waals surface area contributed by atoms with Gasteiger partial charge < -0.3 is 10.2 Å². The summed E-state index contributed by atoms with van der Waals surface area (Å²) in [7, 11) is 0. The van der Waals surface area contributed by atoms with Crippen molar-refractivity contribution in [1.29, 1.82) is 0 Å². The van der Waals surface area contributed by atoms with Crippen molar-refractivity contribution < 1.29 is 4.92 Å². The standard InChI is InChI=1S/C14H22N4O2/c1-3-5-11-6-7-17(10-11)14-9-12(18(19)20)8-13(16-14)15-4-2/h8-9,11H,3-7,10H2,1-2H3,(H,15,16). The van der Waals surface area contributed by atoms with Crippen LogP contribution in [-0.4, -0.2) is 29.5 Å². The number of nitro groups is 1.